The van der Waals surface area contributed by atoms with Crippen molar-refractivity contribution in [3.05, 3.63) is 277 Å². The van der Waals surface area contributed by atoms with Gasteiger partial charge in [-0.15, -0.1) is 0 Å². The lowest BCUT2D eigenvalue weighted by atomic mass is 9.95. The molecule has 0 fully saturated rings. The minimum absolute atomic E-state index is 0.156. The Morgan fingerprint density at radius 1 is 0.341 bits per heavy atom. The standard InChI is InChI=1S/C11H16O.3C11H16.C10H13Br.C10H13Cl.C10H13F.C10H14/c1-4-9(2)10-5-7-11(12-3)8-6-10;1-4-10(3)11-7-5-9(2)6-8-11;1-4-10(3)11-7-5-6-9(2)8-11;1-4-9(2)11-8-6-5-7-10(11)3;3*1-3-8(2)9-4-6-10(11)7-5-9;1-3-9(2)10-7-5-4-6-8-10/h5-9H,4H2,1-3H3;2*5-8,10H,4H2,1-3H3;5-9H,4H2,1-3H3;3*4-8H,3H2,1-2H3;4-9H,3H2,1-2H3. The molecule has 4 heteroatoms. The van der Waals surface area contributed by atoms with Crippen molar-refractivity contribution in [1.29, 1.82) is 0 Å². The van der Waals surface area contributed by atoms with Gasteiger partial charge in [-0.1, -0.05) is 301 Å². The van der Waals surface area contributed by atoms with E-state index < -0.39 is 0 Å². The third-order valence-corrected chi connectivity index (χ3v) is 18.0. The molecule has 0 bridgehead atoms. The lowest BCUT2D eigenvalue weighted by Gasteiger charge is -2.11. The van der Waals surface area contributed by atoms with Crippen LogP contribution in [0.5, 0.6) is 5.75 Å². The monoisotopic (exact) mass is 1270 g/mol. The highest BCUT2D eigenvalue weighted by atomic mass is 79.9. The van der Waals surface area contributed by atoms with Crippen molar-refractivity contribution >= 4 is 27.5 Å². The zero-order valence-electron chi connectivity index (χ0n) is 58.4. The van der Waals surface area contributed by atoms with Gasteiger partial charge in [-0.3, -0.25) is 0 Å². The van der Waals surface area contributed by atoms with Gasteiger partial charge in [0.2, 0.25) is 0 Å². The van der Waals surface area contributed by atoms with Crippen LogP contribution in [0.15, 0.2) is 205 Å². The molecule has 0 amide bonds. The Morgan fingerprint density at radius 2 is 0.659 bits per heavy atom. The van der Waals surface area contributed by atoms with Crippen LogP contribution in [0, 0.1) is 26.6 Å². The minimum atomic E-state index is -0.156. The van der Waals surface area contributed by atoms with Gasteiger partial charge >= 0.3 is 0 Å². The first-order valence-corrected chi connectivity index (χ1v) is 34.4. The van der Waals surface area contributed by atoms with E-state index in [-0.39, 0.29) is 5.82 Å². The molecule has 0 spiro atoms. The second-order valence-electron chi connectivity index (χ2n) is 24.0. The van der Waals surface area contributed by atoms with Crippen LogP contribution in [0.3, 0.4) is 0 Å². The van der Waals surface area contributed by atoms with E-state index in [2.05, 4.69) is 299 Å². The maximum atomic E-state index is 12.5. The van der Waals surface area contributed by atoms with Crippen molar-refractivity contribution in [2.75, 3.05) is 7.11 Å². The molecule has 0 radical (unpaired) electrons. The van der Waals surface area contributed by atoms with Gasteiger partial charge in [-0.05, 0) is 218 Å². The van der Waals surface area contributed by atoms with E-state index in [1.807, 2.05) is 36.4 Å². The van der Waals surface area contributed by atoms with Crippen LogP contribution in [-0.4, -0.2) is 7.11 Å². The Hall–Kier alpha value is -5.74. The molecule has 0 saturated heterocycles. The average molecular weight is 1280 g/mol. The van der Waals surface area contributed by atoms with Crippen molar-refractivity contribution in [2.45, 2.75) is 230 Å². The number of halogens is 3. The van der Waals surface area contributed by atoms with Gasteiger partial charge in [-0.25, -0.2) is 4.39 Å². The molecule has 1 nitrogen and oxygen atoms in total. The summed E-state index contributed by atoms with van der Waals surface area (Å²) in [5.74, 6) is 6.11. The maximum absolute atomic E-state index is 12.5. The molecule has 0 N–H and O–H groups in total. The molecule has 88 heavy (non-hydrogen) atoms. The number of methoxy groups -OCH3 is 1. The van der Waals surface area contributed by atoms with E-state index in [9.17, 15) is 4.39 Å². The van der Waals surface area contributed by atoms with E-state index in [0.29, 0.717) is 47.3 Å². The summed E-state index contributed by atoms with van der Waals surface area (Å²) in [5, 5.41) is 0.817. The highest BCUT2D eigenvalue weighted by molar-refractivity contribution is 9.10. The predicted molar refractivity (Wildman–Crippen MR) is 395 cm³/mol. The number of ether oxygens (including phenoxy) is 1. The number of hydrogen-bond donors (Lipinski definition) is 0. The molecule has 8 unspecified atom stereocenters. The van der Waals surface area contributed by atoms with Crippen LogP contribution >= 0.6 is 27.5 Å². The lowest BCUT2D eigenvalue weighted by molar-refractivity contribution is 0.414. The van der Waals surface area contributed by atoms with E-state index in [4.69, 9.17) is 16.3 Å². The summed E-state index contributed by atoms with van der Waals surface area (Å²) < 4.78 is 18.7. The molecule has 0 aliphatic carbocycles. The fraction of sp³-hybridized carbons (Fsp3) is 0.429. The van der Waals surface area contributed by atoms with Crippen molar-refractivity contribution in [2.24, 2.45) is 0 Å². The molecular formula is C84H117BrClFO. The molecule has 0 aliphatic heterocycles. The topological polar surface area (TPSA) is 9.23 Å². The van der Waals surface area contributed by atoms with E-state index in [1.54, 1.807) is 7.11 Å². The third kappa shape index (κ3) is 33.2. The summed E-state index contributed by atoms with van der Waals surface area (Å²) in [6.45, 7) is 42.0. The van der Waals surface area contributed by atoms with Crippen LogP contribution in [0.4, 0.5) is 4.39 Å². The van der Waals surface area contributed by atoms with E-state index >= 15 is 0 Å². The number of aryl methyl sites for hydroxylation is 3. The molecule has 480 valence electrons. The largest absolute Gasteiger partial charge is 0.497 e. The Bertz CT molecular complexity index is 2730. The van der Waals surface area contributed by atoms with Crippen LogP contribution < -0.4 is 4.74 Å². The molecule has 0 saturated carbocycles. The van der Waals surface area contributed by atoms with Crippen LogP contribution in [0.2, 0.25) is 5.02 Å². The molecule has 8 aromatic carbocycles. The summed E-state index contributed by atoms with van der Waals surface area (Å²) >= 11 is 9.18. The molecule has 8 aromatic rings. The van der Waals surface area contributed by atoms with Gasteiger partial charge in [-0.2, -0.15) is 0 Å². The maximum Gasteiger partial charge on any atom is 0.123 e. The normalized spacial score (nSPS) is 12.9. The van der Waals surface area contributed by atoms with E-state index in [0.717, 1.165) is 21.7 Å². The Kier molecular flexibility index (Phi) is 43.1. The van der Waals surface area contributed by atoms with Crippen molar-refractivity contribution in [3.8, 4) is 5.75 Å². The van der Waals surface area contributed by atoms with Gasteiger partial charge < -0.3 is 4.74 Å². The predicted octanol–water partition coefficient (Wildman–Crippen LogP) is 28.1. The highest BCUT2D eigenvalue weighted by Crippen LogP contribution is 2.26. The molecule has 0 aliphatic rings. The minimum Gasteiger partial charge on any atom is -0.497 e. The second kappa shape index (κ2) is 47.2. The quantitative estimate of drug-likeness (QED) is 0.0883. The summed E-state index contributed by atoms with van der Waals surface area (Å²) in [5.41, 5.74) is 15.4. The third-order valence-electron chi connectivity index (χ3n) is 17.2. The molecule has 0 aromatic heterocycles. The van der Waals surface area contributed by atoms with Gasteiger partial charge in [0.25, 0.3) is 0 Å². The highest BCUT2D eigenvalue weighted by Gasteiger charge is 2.07. The number of benzene rings is 8. The molecular weight excluding hydrogens is 1160 g/mol. The molecule has 8 atom stereocenters. The van der Waals surface area contributed by atoms with Crippen molar-refractivity contribution in [1.82, 2.24) is 0 Å². The van der Waals surface area contributed by atoms with Crippen molar-refractivity contribution < 1.29 is 9.13 Å². The Balaban J connectivity index is 0.000000503. The second-order valence-corrected chi connectivity index (χ2v) is 25.3. The Labute approximate surface area is 552 Å². The zero-order valence-corrected chi connectivity index (χ0v) is 60.7. The fourth-order valence-electron chi connectivity index (χ4n) is 8.97. The van der Waals surface area contributed by atoms with Gasteiger partial charge in [0, 0.05) is 9.50 Å². The Morgan fingerprint density at radius 3 is 1.03 bits per heavy atom. The molecule has 0 heterocycles. The number of rotatable bonds is 17. The van der Waals surface area contributed by atoms with Gasteiger partial charge in [0.15, 0.2) is 0 Å². The molecule has 8 rings (SSSR count). The average Bonchev–Trinajstić information content (AvgIpc) is 3.58. The lowest BCUT2D eigenvalue weighted by Crippen LogP contribution is -1.93. The SMILES string of the molecule is CCC(C)c1ccc(Br)cc1.CCC(C)c1ccc(C)cc1.CCC(C)c1ccc(Cl)cc1.CCC(C)c1ccc(F)cc1.CCC(C)c1ccc(OC)cc1.CCC(C)c1cccc(C)c1.CCC(C)c1ccccc1.CCC(C)c1ccccc1C. The smallest absolute Gasteiger partial charge is 0.123 e. The first-order chi connectivity index (χ1) is 42.1. The summed E-state index contributed by atoms with van der Waals surface area (Å²) in [4.78, 5) is 0. The summed E-state index contributed by atoms with van der Waals surface area (Å²) in [6.07, 6.45) is 9.59. The number of hydrogen-bond acceptors (Lipinski definition) is 1. The van der Waals surface area contributed by atoms with Crippen LogP contribution in [-0.2, 0) is 0 Å². The van der Waals surface area contributed by atoms with Crippen LogP contribution in [0.1, 0.15) is 271 Å². The summed E-state index contributed by atoms with van der Waals surface area (Å²) in [6, 6.07) is 68.5. The van der Waals surface area contributed by atoms with Gasteiger partial charge in [0.05, 0.1) is 7.11 Å². The first kappa shape index (κ1) is 80.3. The van der Waals surface area contributed by atoms with Crippen LogP contribution in [0.25, 0.3) is 0 Å². The summed E-state index contributed by atoms with van der Waals surface area (Å²) in [7, 11) is 1.69. The van der Waals surface area contributed by atoms with Gasteiger partial charge in [0.1, 0.15) is 11.6 Å². The zero-order chi connectivity index (χ0) is 66.0. The van der Waals surface area contributed by atoms with Crippen molar-refractivity contribution in [3.63, 3.8) is 0 Å². The fourth-order valence-corrected chi connectivity index (χ4v) is 9.36. The first-order valence-electron chi connectivity index (χ1n) is 33.2. The van der Waals surface area contributed by atoms with E-state index in [1.165, 1.54) is 118 Å².